The molecule has 1 aliphatic heterocycles. The summed E-state index contributed by atoms with van der Waals surface area (Å²) in [4.78, 5) is 25.2. The molecular formula is C15H19NO5. The van der Waals surface area contributed by atoms with Crippen LogP contribution in [-0.4, -0.2) is 48.9 Å². The number of rotatable bonds is 4. The maximum atomic E-state index is 12.0. The van der Waals surface area contributed by atoms with Gasteiger partial charge in [0.2, 0.25) is 0 Å². The molecule has 114 valence electrons. The van der Waals surface area contributed by atoms with Crippen LogP contribution in [0.3, 0.4) is 0 Å². The fourth-order valence-electron chi connectivity index (χ4n) is 2.42. The standard InChI is InChI=1S/C15H19NO5/c1-20-13(18)15(11-17)7-8-16(10-15)14(19)21-9-12-5-3-2-4-6-12/h2-6,17H,7-11H2,1H3. The first-order valence-corrected chi connectivity index (χ1v) is 6.76. The maximum absolute atomic E-state index is 12.0. The van der Waals surface area contributed by atoms with E-state index in [0.29, 0.717) is 13.0 Å². The first kappa shape index (κ1) is 15.3. The summed E-state index contributed by atoms with van der Waals surface area (Å²) in [7, 11) is 1.27. The molecule has 0 radical (unpaired) electrons. The van der Waals surface area contributed by atoms with E-state index in [2.05, 4.69) is 0 Å². The van der Waals surface area contributed by atoms with E-state index in [1.54, 1.807) is 0 Å². The lowest BCUT2D eigenvalue weighted by atomic mass is 9.88. The number of nitrogens with zero attached hydrogens (tertiary/aromatic N) is 1. The molecule has 0 spiro atoms. The van der Waals surface area contributed by atoms with Gasteiger partial charge in [-0.15, -0.1) is 0 Å². The molecule has 0 aromatic heterocycles. The van der Waals surface area contributed by atoms with Crippen LogP contribution in [-0.2, 0) is 20.9 Å². The van der Waals surface area contributed by atoms with Crippen molar-refractivity contribution in [3.63, 3.8) is 0 Å². The van der Waals surface area contributed by atoms with E-state index in [-0.39, 0.29) is 19.8 Å². The van der Waals surface area contributed by atoms with E-state index in [1.165, 1.54) is 12.0 Å². The van der Waals surface area contributed by atoms with Crippen LogP contribution in [0.4, 0.5) is 4.79 Å². The number of carbonyl (C=O) groups excluding carboxylic acids is 2. The van der Waals surface area contributed by atoms with Crippen LogP contribution in [0.25, 0.3) is 0 Å². The summed E-state index contributed by atoms with van der Waals surface area (Å²) in [5, 5.41) is 9.45. The summed E-state index contributed by atoms with van der Waals surface area (Å²) < 4.78 is 9.92. The van der Waals surface area contributed by atoms with Crippen molar-refractivity contribution in [3.8, 4) is 0 Å². The molecule has 1 heterocycles. The van der Waals surface area contributed by atoms with E-state index in [0.717, 1.165) is 5.56 Å². The van der Waals surface area contributed by atoms with Gasteiger partial charge in [0.1, 0.15) is 12.0 Å². The Morgan fingerprint density at radius 3 is 2.67 bits per heavy atom. The summed E-state index contributed by atoms with van der Waals surface area (Å²) >= 11 is 0. The minimum Gasteiger partial charge on any atom is -0.468 e. The Bertz CT molecular complexity index is 504. The smallest absolute Gasteiger partial charge is 0.410 e. The molecular weight excluding hydrogens is 274 g/mol. The van der Waals surface area contributed by atoms with Crippen LogP contribution >= 0.6 is 0 Å². The lowest BCUT2D eigenvalue weighted by molar-refractivity contribution is -0.154. The van der Waals surface area contributed by atoms with Gasteiger partial charge < -0.3 is 19.5 Å². The molecule has 0 aliphatic carbocycles. The number of likely N-dealkylation sites (tertiary alicyclic amines) is 1. The molecule has 6 nitrogen and oxygen atoms in total. The minimum absolute atomic E-state index is 0.115. The number of amides is 1. The number of aliphatic hydroxyl groups excluding tert-OH is 1. The van der Waals surface area contributed by atoms with Crippen molar-refractivity contribution in [2.24, 2.45) is 5.41 Å². The quantitative estimate of drug-likeness (QED) is 0.844. The Morgan fingerprint density at radius 1 is 1.33 bits per heavy atom. The van der Waals surface area contributed by atoms with Crippen molar-refractivity contribution in [1.82, 2.24) is 4.90 Å². The SMILES string of the molecule is COC(=O)C1(CO)CCN(C(=O)OCc2ccccc2)C1. The molecule has 1 saturated heterocycles. The number of hydrogen-bond acceptors (Lipinski definition) is 5. The number of methoxy groups -OCH3 is 1. The second-order valence-electron chi connectivity index (χ2n) is 5.14. The molecule has 0 bridgehead atoms. The average molecular weight is 293 g/mol. The van der Waals surface area contributed by atoms with Crippen molar-refractivity contribution in [2.45, 2.75) is 13.0 Å². The highest BCUT2D eigenvalue weighted by Gasteiger charge is 2.47. The molecule has 6 heteroatoms. The van der Waals surface area contributed by atoms with Crippen LogP contribution in [0, 0.1) is 5.41 Å². The van der Waals surface area contributed by atoms with Gasteiger partial charge in [0, 0.05) is 13.1 Å². The highest BCUT2D eigenvalue weighted by molar-refractivity contribution is 5.79. The van der Waals surface area contributed by atoms with Crippen molar-refractivity contribution in [2.75, 3.05) is 26.8 Å². The van der Waals surface area contributed by atoms with Crippen LogP contribution in [0.1, 0.15) is 12.0 Å². The predicted octanol–water partition coefficient (Wildman–Crippen LogP) is 1.18. The van der Waals surface area contributed by atoms with Gasteiger partial charge >= 0.3 is 12.1 Å². The third kappa shape index (κ3) is 3.33. The highest BCUT2D eigenvalue weighted by atomic mass is 16.6. The van der Waals surface area contributed by atoms with Gasteiger partial charge in [-0.1, -0.05) is 30.3 Å². The second kappa shape index (κ2) is 6.58. The zero-order valence-corrected chi connectivity index (χ0v) is 11.9. The van der Waals surface area contributed by atoms with Gasteiger partial charge in [-0.2, -0.15) is 0 Å². The van der Waals surface area contributed by atoms with Gasteiger partial charge in [-0.05, 0) is 12.0 Å². The van der Waals surface area contributed by atoms with Gasteiger partial charge in [-0.3, -0.25) is 4.79 Å². The summed E-state index contributed by atoms with van der Waals surface area (Å²) in [6, 6.07) is 9.35. The predicted molar refractivity (Wildman–Crippen MR) is 74.4 cm³/mol. The maximum Gasteiger partial charge on any atom is 0.410 e. The first-order chi connectivity index (χ1) is 10.1. The summed E-state index contributed by atoms with van der Waals surface area (Å²) in [6.45, 7) is 0.315. The lowest BCUT2D eigenvalue weighted by Crippen LogP contribution is -2.40. The fourth-order valence-corrected chi connectivity index (χ4v) is 2.42. The molecule has 1 aromatic carbocycles. The Labute approximate surface area is 123 Å². The van der Waals surface area contributed by atoms with Crippen LogP contribution in [0.5, 0.6) is 0 Å². The molecule has 1 aromatic rings. The number of hydrogen-bond donors (Lipinski definition) is 1. The molecule has 1 unspecified atom stereocenters. The normalized spacial score (nSPS) is 21.1. The minimum atomic E-state index is -1.03. The summed E-state index contributed by atoms with van der Waals surface area (Å²) in [6.07, 6.45) is -0.116. The number of aliphatic hydroxyl groups is 1. The topological polar surface area (TPSA) is 76.1 Å². The van der Waals surface area contributed by atoms with Gasteiger partial charge in [0.15, 0.2) is 0 Å². The second-order valence-corrected chi connectivity index (χ2v) is 5.14. The molecule has 1 amide bonds. The number of carbonyl (C=O) groups is 2. The molecule has 1 atom stereocenters. The third-order valence-electron chi connectivity index (χ3n) is 3.74. The number of ether oxygens (including phenoxy) is 2. The molecule has 2 rings (SSSR count). The van der Waals surface area contributed by atoms with Gasteiger partial charge in [-0.25, -0.2) is 4.79 Å². The van der Waals surface area contributed by atoms with Crippen molar-refractivity contribution < 1.29 is 24.2 Å². The van der Waals surface area contributed by atoms with Gasteiger partial charge in [0.25, 0.3) is 0 Å². The van der Waals surface area contributed by atoms with Crippen molar-refractivity contribution >= 4 is 12.1 Å². The zero-order valence-electron chi connectivity index (χ0n) is 11.9. The monoisotopic (exact) mass is 293 g/mol. The zero-order chi connectivity index (χ0) is 15.3. The highest BCUT2D eigenvalue weighted by Crippen LogP contribution is 2.31. The number of esters is 1. The summed E-state index contributed by atoms with van der Waals surface area (Å²) in [5.74, 6) is -0.497. The van der Waals surface area contributed by atoms with Gasteiger partial charge in [0.05, 0.1) is 13.7 Å². The molecule has 21 heavy (non-hydrogen) atoms. The average Bonchev–Trinajstić information content (AvgIpc) is 2.98. The van der Waals surface area contributed by atoms with Crippen LogP contribution in [0.15, 0.2) is 30.3 Å². The molecule has 1 N–H and O–H groups in total. The largest absolute Gasteiger partial charge is 0.468 e. The van der Waals surface area contributed by atoms with Crippen molar-refractivity contribution in [3.05, 3.63) is 35.9 Å². The Balaban J connectivity index is 1.91. The van der Waals surface area contributed by atoms with E-state index in [9.17, 15) is 14.7 Å². The van der Waals surface area contributed by atoms with Crippen LogP contribution < -0.4 is 0 Å². The molecule has 1 fully saturated rings. The Morgan fingerprint density at radius 2 is 2.05 bits per heavy atom. The van der Waals surface area contributed by atoms with E-state index < -0.39 is 17.5 Å². The first-order valence-electron chi connectivity index (χ1n) is 6.76. The Hall–Kier alpha value is -2.08. The molecule has 0 saturated carbocycles. The summed E-state index contributed by atoms with van der Waals surface area (Å²) in [5.41, 5.74) is -0.132. The fraction of sp³-hybridized carbons (Fsp3) is 0.467. The number of benzene rings is 1. The van der Waals surface area contributed by atoms with Crippen LogP contribution in [0.2, 0.25) is 0 Å². The third-order valence-corrected chi connectivity index (χ3v) is 3.74. The van der Waals surface area contributed by atoms with E-state index in [1.807, 2.05) is 30.3 Å². The van der Waals surface area contributed by atoms with Crippen molar-refractivity contribution in [1.29, 1.82) is 0 Å². The van der Waals surface area contributed by atoms with E-state index >= 15 is 0 Å². The lowest BCUT2D eigenvalue weighted by Gasteiger charge is -2.23. The van der Waals surface area contributed by atoms with E-state index in [4.69, 9.17) is 9.47 Å². The molecule has 1 aliphatic rings. The Kier molecular flexibility index (Phi) is 4.80.